The van der Waals surface area contributed by atoms with E-state index in [2.05, 4.69) is 41.9 Å². The normalized spacial score (nSPS) is 18.5. The number of aromatic nitrogens is 1. The number of nitrogens with zero attached hydrogens (tertiary/aromatic N) is 1. The fraction of sp³-hybridized carbons (Fsp3) is 0.391. The average molecular weight is 363 g/mol. The van der Waals surface area contributed by atoms with Crippen LogP contribution >= 0.6 is 0 Å². The molecule has 27 heavy (non-hydrogen) atoms. The lowest BCUT2D eigenvalue weighted by atomic mass is 9.92. The number of hydrogen-bond acceptors (Lipinski definition) is 3. The van der Waals surface area contributed by atoms with Gasteiger partial charge in [-0.15, -0.1) is 0 Å². The largest absolute Gasteiger partial charge is 0.486 e. The maximum Gasteiger partial charge on any atom is 0.161 e. The zero-order valence-corrected chi connectivity index (χ0v) is 16.0. The highest BCUT2D eigenvalue weighted by Crippen LogP contribution is 2.34. The number of rotatable bonds is 3. The van der Waals surface area contributed by atoms with Crippen LogP contribution in [0.15, 0.2) is 36.4 Å². The van der Waals surface area contributed by atoms with E-state index in [1.807, 2.05) is 13.2 Å². The number of ether oxygens (including phenoxy) is 3. The summed E-state index contributed by atoms with van der Waals surface area (Å²) in [7, 11) is 4.02. The summed E-state index contributed by atoms with van der Waals surface area (Å²) in [5, 5.41) is 1.38. The third kappa shape index (κ3) is 2.88. The highest BCUT2D eigenvalue weighted by molar-refractivity contribution is 5.86. The topological polar surface area (TPSA) is 32.6 Å². The van der Waals surface area contributed by atoms with Crippen LogP contribution in [0.25, 0.3) is 10.9 Å². The van der Waals surface area contributed by atoms with Gasteiger partial charge in [-0.05, 0) is 60.2 Å². The Morgan fingerprint density at radius 1 is 1.04 bits per heavy atom. The predicted molar refractivity (Wildman–Crippen MR) is 106 cm³/mol. The van der Waals surface area contributed by atoms with Crippen molar-refractivity contribution in [3.05, 3.63) is 58.8 Å². The van der Waals surface area contributed by atoms with Crippen LogP contribution in [-0.2, 0) is 31.0 Å². The number of fused-ring (bicyclic) bond motifs is 4. The van der Waals surface area contributed by atoms with E-state index < -0.39 is 0 Å². The van der Waals surface area contributed by atoms with Crippen molar-refractivity contribution in [1.29, 1.82) is 0 Å². The molecular formula is C23H25NO3. The van der Waals surface area contributed by atoms with Crippen LogP contribution in [0.1, 0.15) is 28.8 Å². The summed E-state index contributed by atoms with van der Waals surface area (Å²) in [5.41, 5.74) is 6.83. The van der Waals surface area contributed by atoms with Gasteiger partial charge in [0.1, 0.15) is 13.2 Å². The molecule has 1 atom stereocenters. The molecule has 2 aliphatic rings. The predicted octanol–water partition coefficient (Wildman–Crippen LogP) is 4.04. The number of aryl methyl sites for hydroxylation is 1. The van der Waals surface area contributed by atoms with Crippen molar-refractivity contribution < 1.29 is 14.2 Å². The molecule has 4 nitrogen and oxygen atoms in total. The van der Waals surface area contributed by atoms with Gasteiger partial charge in [0.2, 0.25) is 0 Å². The van der Waals surface area contributed by atoms with E-state index in [0.29, 0.717) is 19.3 Å². The van der Waals surface area contributed by atoms with Gasteiger partial charge in [0.25, 0.3) is 0 Å². The first kappa shape index (κ1) is 16.7. The quantitative estimate of drug-likeness (QED) is 0.704. The maximum absolute atomic E-state index is 5.73. The first-order valence-corrected chi connectivity index (χ1v) is 9.73. The molecule has 2 heterocycles. The first-order chi connectivity index (χ1) is 13.2. The zero-order chi connectivity index (χ0) is 18.4. The second kappa shape index (κ2) is 6.61. The molecule has 1 aromatic heterocycles. The Bertz CT molecular complexity index is 1000. The minimum absolute atomic E-state index is 0.338. The van der Waals surface area contributed by atoms with Gasteiger partial charge < -0.3 is 18.8 Å². The molecule has 4 heteroatoms. The molecule has 0 radical (unpaired) electrons. The van der Waals surface area contributed by atoms with E-state index in [1.54, 1.807) is 0 Å². The van der Waals surface area contributed by atoms with Crippen molar-refractivity contribution in [3.63, 3.8) is 0 Å². The summed E-state index contributed by atoms with van der Waals surface area (Å²) < 4.78 is 19.4. The van der Waals surface area contributed by atoms with Crippen LogP contribution in [0.2, 0.25) is 0 Å². The molecule has 1 aliphatic heterocycles. The third-order valence-corrected chi connectivity index (χ3v) is 5.98. The molecule has 0 amide bonds. The molecule has 3 aromatic rings. The Morgan fingerprint density at radius 2 is 1.81 bits per heavy atom. The van der Waals surface area contributed by atoms with Crippen molar-refractivity contribution >= 4 is 10.9 Å². The van der Waals surface area contributed by atoms with E-state index in [4.69, 9.17) is 14.2 Å². The number of benzene rings is 2. The molecule has 0 saturated carbocycles. The van der Waals surface area contributed by atoms with Crippen molar-refractivity contribution in [3.8, 4) is 11.5 Å². The van der Waals surface area contributed by atoms with E-state index in [0.717, 1.165) is 37.2 Å². The van der Waals surface area contributed by atoms with Gasteiger partial charge in [0.05, 0.1) is 6.10 Å². The van der Waals surface area contributed by atoms with Crippen LogP contribution in [0, 0.1) is 0 Å². The Kier molecular flexibility index (Phi) is 4.09. The minimum Gasteiger partial charge on any atom is -0.486 e. The van der Waals surface area contributed by atoms with Crippen molar-refractivity contribution in [2.24, 2.45) is 7.05 Å². The highest BCUT2D eigenvalue weighted by atomic mass is 16.6. The summed E-state index contributed by atoms with van der Waals surface area (Å²) >= 11 is 0. The molecule has 0 bridgehead atoms. The van der Waals surface area contributed by atoms with Crippen LogP contribution < -0.4 is 9.47 Å². The molecule has 0 N–H and O–H groups in total. The first-order valence-electron chi connectivity index (χ1n) is 9.73. The highest BCUT2D eigenvalue weighted by Gasteiger charge is 2.24. The molecule has 2 aromatic carbocycles. The monoisotopic (exact) mass is 363 g/mol. The molecular weight excluding hydrogens is 338 g/mol. The minimum atomic E-state index is 0.338. The second-order valence-corrected chi connectivity index (χ2v) is 7.59. The van der Waals surface area contributed by atoms with Gasteiger partial charge in [-0.3, -0.25) is 0 Å². The Morgan fingerprint density at radius 3 is 2.67 bits per heavy atom. The molecule has 0 fully saturated rings. The van der Waals surface area contributed by atoms with Crippen LogP contribution in [-0.4, -0.2) is 31.0 Å². The van der Waals surface area contributed by atoms with Gasteiger partial charge in [-0.2, -0.15) is 0 Å². The SMILES string of the molecule is COC1CCc2c(c3cc(Cc4ccc5c(c4)OCCO5)ccc3n2C)C1. The molecule has 1 aliphatic carbocycles. The zero-order valence-electron chi connectivity index (χ0n) is 16.0. The second-order valence-electron chi connectivity index (χ2n) is 7.59. The van der Waals surface area contributed by atoms with Gasteiger partial charge in [0, 0.05) is 37.2 Å². The summed E-state index contributed by atoms with van der Waals surface area (Å²) in [6, 6.07) is 13.2. The fourth-order valence-electron chi connectivity index (χ4n) is 4.54. The molecule has 140 valence electrons. The maximum atomic E-state index is 5.73. The number of hydrogen-bond donors (Lipinski definition) is 0. The van der Waals surface area contributed by atoms with E-state index >= 15 is 0 Å². The molecule has 0 spiro atoms. The van der Waals surface area contributed by atoms with E-state index in [-0.39, 0.29) is 0 Å². The molecule has 1 unspecified atom stereocenters. The summed E-state index contributed by atoms with van der Waals surface area (Å²) in [6.07, 6.45) is 4.44. The smallest absolute Gasteiger partial charge is 0.161 e. The van der Waals surface area contributed by atoms with Crippen LogP contribution in [0.4, 0.5) is 0 Å². The Balaban J connectivity index is 1.50. The standard InChI is InChI=1S/C23H25NO3/c1-24-20-6-3-15(11-16-4-8-22-23(13-16)27-10-9-26-22)12-18(20)19-14-17(25-2)5-7-21(19)24/h3-4,6,8,12-13,17H,5,7,9-11,14H2,1-2H3. The van der Waals surface area contributed by atoms with Crippen LogP contribution in [0.5, 0.6) is 11.5 Å². The molecule has 5 rings (SSSR count). The Labute approximate surface area is 159 Å². The van der Waals surface area contributed by atoms with Crippen molar-refractivity contribution in [1.82, 2.24) is 4.57 Å². The van der Waals surface area contributed by atoms with Gasteiger partial charge in [-0.25, -0.2) is 0 Å². The lowest BCUT2D eigenvalue weighted by Gasteiger charge is -2.22. The van der Waals surface area contributed by atoms with Crippen molar-refractivity contribution in [2.75, 3.05) is 20.3 Å². The average Bonchev–Trinajstić information content (AvgIpc) is 2.99. The Hall–Kier alpha value is -2.46. The molecule has 0 saturated heterocycles. The lowest BCUT2D eigenvalue weighted by Crippen LogP contribution is -2.21. The summed E-state index contributed by atoms with van der Waals surface area (Å²) in [6.45, 7) is 1.25. The van der Waals surface area contributed by atoms with E-state index in [1.165, 1.54) is 33.3 Å². The third-order valence-electron chi connectivity index (χ3n) is 5.98. The number of methoxy groups -OCH3 is 1. The fourth-order valence-corrected chi connectivity index (χ4v) is 4.54. The van der Waals surface area contributed by atoms with Gasteiger partial charge in [-0.1, -0.05) is 12.1 Å². The van der Waals surface area contributed by atoms with E-state index in [9.17, 15) is 0 Å². The van der Waals surface area contributed by atoms with Crippen LogP contribution in [0.3, 0.4) is 0 Å². The van der Waals surface area contributed by atoms with Crippen molar-refractivity contribution in [2.45, 2.75) is 31.8 Å². The van der Waals surface area contributed by atoms with Gasteiger partial charge in [0.15, 0.2) is 11.5 Å². The summed E-state index contributed by atoms with van der Waals surface area (Å²) in [4.78, 5) is 0. The summed E-state index contributed by atoms with van der Waals surface area (Å²) in [5.74, 6) is 1.71. The lowest BCUT2D eigenvalue weighted by molar-refractivity contribution is 0.0908. The van der Waals surface area contributed by atoms with Gasteiger partial charge >= 0.3 is 0 Å².